The highest BCUT2D eigenvalue weighted by Crippen LogP contribution is 2.18. The van der Waals surface area contributed by atoms with Crippen molar-refractivity contribution in [2.24, 2.45) is 0 Å². The van der Waals surface area contributed by atoms with Crippen LogP contribution in [0.1, 0.15) is 24.1 Å². The van der Waals surface area contributed by atoms with Crippen LogP contribution in [0.25, 0.3) is 0 Å². The van der Waals surface area contributed by atoms with E-state index in [1.165, 1.54) is 16.8 Å². The number of anilines is 1. The molecule has 0 aliphatic heterocycles. The number of hydrogen-bond acceptors (Lipinski definition) is 2. The van der Waals surface area contributed by atoms with E-state index < -0.39 is 0 Å². The fourth-order valence-corrected chi connectivity index (χ4v) is 2.18. The van der Waals surface area contributed by atoms with E-state index in [4.69, 9.17) is 11.6 Å². The average molecular weight is 289 g/mol. The summed E-state index contributed by atoms with van der Waals surface area (Å²) < 4.78 is 0. The molecule has 0 heterocycles. The molecule has 2 aromatic rings. The lowest BCUT2D eigenvalue weighted by atomic mass is 10.1. The Morgan fingerprint density at radius 3 is 2.15 bits per heavy atom. The van der Waals surface area contributed by atoms with Crippen molar-refractivity contribution in [2.45, 2.75) is 19.5 Å². The van der Waals surface area contributed by atoms with Gasteiger partial charge in [0.05, 0.1) is 0 Å². The highest BCUT2D eigenvalue weighted by atomic mass is 35.5. The van der Waals surface area contributed by atoms with Crippen LogP contribution in [0.4, 0.5) is 5.69 Å². The van der Waals surface area contributed by atoms with E-state index in [2.05, 4.69) is 67.6 Å². The maximum atomic E-state index is 5.89. The van der Waals surface area contributed by atoms with Gasteiger partial charge < -0.3 is 10.2 Å². The summed E-state index contributed by atoms with van der Waals surface area (Å²) >= 11 is 5.89. The van der Waals surface area contributed by atoms with E-state index in [-0.39, 0.29) is 0 Å². The molecule has 0 bridgehead atoms. The molecular formula is C17H21ClN2. The van der Waals surface area contributed by atoms with Gasteiger partial charge in [-0.1, -0.05) is 35.9 Å². The Labute approximate surface area is 126 Å². The molecule has 0 saturated heterocycles. The highest BCUT2D eigenvalue weighted by Gasteiger charge is 2.05. The minimum Gasteiger partial charge on any atom is -0.378 e. The number of halogens is 1. The molecule has 0 aliphatic carbocycles. The summed E-state index contributed by atoms with van der Waals surface area (Å²) in [5.41, 5.74) is 3.76. The minimum atomic E-state index is 0.321. The second-order valence-electron chi connectivity index (χ2n) is 5.22. The van der Waals surface area contributed by atoms with Crippen molar-refractivity contribution in [1.82, 2.24) is 5.32 Å². The zero-order valence-corrected chi connectivity index (χ0v) is 13.0. The highest BCUT2D eigenvalue weighted by molar-refractivity contribution is 6.30. The fourth-order valence-electron chi connectivity index (χ4n) is 2.05. The van der Waals surface area contributed by atoms with Gasteiger partial charge in [0.2, 0.25) is 0 Å². The lowest BCUT2D eigenvalue weighted by Crippen LogP contribution is -2.18. The third kappa shape index (κ3) is 3.99. The van der Waals surface area contributed by atoms with E-state index in [0.717, 1.165) is 11.6 Å². The van der Waals surface area contributed by atoms with Crippen molar-refractivity contribution >= 4 is 17.3 Å². The molecule has 0 radical (unpaired) electrons. The van der Waals surface area contributed by atoms with Crippen LogP contribution in [-0.2, 0) is 6.54 Å². The van der Waals surface area contributed by atoms with Gasteiger partial charge in [-0.3, -0.25) is 0 Å². The largest absolute Gasteiger partial charge is 0.378 e. The maximum absolute atomic E-state index is 5.89. The molecule has 0 spiro atoms. The first kappa shape index (κ1) is 14.9. The Hall–Kier alpha value is -1.51. The molecular weight excluding hydrogens is 268 g/mol. The number of benzene rings is 2. The monoisotopic (exact) mass is 288 g/mol. The van der Waals surface area contributed by atoms with E-state index >= 15 is 0 Å². The molecule has 1 unspecified atom stereocenters. The maximum Gasteiger partial charge on any atom is 0.0406 e. The molecule has 0 amide bonds. The van der Waals surface area contributed by atoms with Crippen molar-refractivity contribution in [3.63, 3.8) is 0 Å². The third-order valence-corrected chi connectivity index (χ3v) is 3.69. The Balaban J connectivity index is 1.94. The lowest BCUT2D eigenvalue weighted by molar-refractivity contribution is 0.575. The first-order valence-electron chi connectivity index (χ1n) is 6.81. The summed E-state index contributed by atoms with van der Waals surface area (Å²) in [5, 5.41) is 4.31. The van der Waals surface area contributed by atoms with Crippen LogP contribution < -0.4 is 10.2 Å². The molecule has 0 saturated carbocycles. The molecule has 2 rings (SSSR count). The average Bonchev–Trinajstić information content (AvgIpc) is 2.46. The minimum absolute atomic E-state index is 0.321. The van der Waals surface area contributed by atoms with Crippen LogP contribution in [-0.4, -0.2) is 14.1 Å². The summed E-state index contributed by atoms with van der Waals surface area (Å²) in [4.78, 5) is 2.11. The first-order chi connectivity index (χ1) is 9.56. The van der Waals surface area contributed by atoms with Gasteiger partial charge in [0.1, 0.15) is 0 Å². The van der Waals surface area contributed by atoms with Crippen LogP contribution in [0, 0.1) is 0 Å². The standard InChI is InChI=1S/C17H21ClN2/c1-13(15-6-10-17(11-7-15)20(2)3)19-12-14-4-8-16(18)9-5-14/h4-11,13,19H,12H2,1-3H3. The topological polar surface area (TPSA) is 15.3 Å². The number of rotatable bonds is 5. The molecule has 0 fully saturated rings. The van der Waals surface area contributed by atoms with Crippen molar-refractivity contribution < 1.29 is 0 Å². The van der Waals surface area contributed by atoms with Gasteiger partial charge >= 0.3 is 0 Å². The van der Waals surface area contributed by atoms with Crippen molar-refractivity contribution in [3.8, 4) is 0 Å². The smallest absolute Gasteiger partial charge is 0.0406 e. The van der Waals surface area contributed by atoms with Crippen molar-refractivity contribution in [2.75, 3.05) is 19.0 Å². The van der Waals surface area contributed by atoms with Crippen LogP contribution in [0.5, 0.6) is 0 Å². The van der Waals surface area contributed by atoms with Gasteiger partial charge in [-0.05, 0) is 42.3 Å². The number of hydrogen-bond donors (Lipinski definition) is 1. The predicted molar refractivity (Wildman–Crippen MR) is 87.5 cm³/mol. The molecule has 2 aromatic carbocycles. The molecule has 2 nitrogen and oxygen atoms in total. The Morgan fingerprint density at radius 1 is 1.00 bits per heavy atom. The van der Waals surface area contributed by atoms with Gasteiger partial charge in [-0.15, -0.1) is 0 Å². The summed E-state index contributed by atoms with van der Waals surface area (Å²) in [6.07, 6.45) is 0. The molecule has 3 heteroatoms. The normalized spacial score (nSPS) is 12.2. The van der Waals surface area contributed by atoms with Crippen molar-refractivity contribution in [1.29, 1.82) is 0 Å². The van der Waals surface area contributed by atoms with Gasteiger partial charge in [0.15, 0.2) is 0 Å². The second-order valence-corrected chi connectivity index (χ2v) is 5.65. The molecule has 20 heavy (non-hydrogen) atoms. The van der Waals surface area contributed by atoms with Crippen LogP contribution in [0.3, 0.4) is 0 Å². The first-order valence-corrected chi connectivity index (χ1v) is 7.19. The third-order valence-electron chi connectivity index (χ3n) is 3.44. The molecule has 1 atom stereocenters. The van der Waals surface area contributed by atoms with Crippen LogP contribution in [0.15, 0.2) is 48.5 Å². The summed E-state index contributed by atoms with van der Waals surface area (Å²) in [5.74, 6) is 0. The van der Waals surface area contributed by atoms with Gasteiger partial charge in [-0.2, -0.15) is 0 Å². The van der Waals surface area contributed by atoms with Crippen LogP contribution >= 0.6 is 11.6 Å². The molecule has 0 aromatic heterocycles. The van der Waals surface area contributed by atoms with Crippen LogP contribution in [0.2, 0.25) is 5.02 Å². The SMILES string of the molecule is CC(NCc1ccc(Cl)cc1)c1ccc(N(C)C)cc1. The Morgan fingerprint density at radius 2 is 1.60 bits per heavy atom. The summed E-state index contributed by atoms with van der Waals surface area (Å²) in [6.45, 7) is 3.02. The van der Waals surface area contributed by atoms with E-state index in [0.29, 0.717) is 6.04 Å². The van der Waals surface area contributed by atoms with Gasteiger partial charge in [0, 0.05) is 37.4 Å². The van der Waals surface area contributed by atoms with Gasteiger partial charge in [-0.25, -0.2) is 0 Å². The number of nitrogens with zero attached hydrogens (tertiary/aromatic N) is 1. The summed E-state index contributed by atoms with van der Waals surface area (Å²) in [7, 11) is 4.11. The van der Waals surface area contributed by atoms with E-state index in [9.17, 15) is 0 Å². The lowest BCUT2D eigenvalue weighted by Gasteiger charge is -2.17. The quantitative estimate of drug-likeness (QED) is 0.884. The van der Waals surface area contributed by atoms with Crippen molar-refractivity contribution in [3.05, 3.63) is 64.7 Å². The Bertz CT molecular complexity index is 532. The fraction of sp³-hybridized carbons (Fsp3) is 0.294. The van der Waals surface area contributed by atoms with Gasteiger partial charge in [0.25, 0.3) is 0 Å². The zero-order chi connectivity index (χ0) is 14.5. The van der Waals surface area contributed by atoms with E-state index in [1.807, 2.05) is 12.1 Å². The van der Waals surface area contributed by atoms with E-state index in [1.54, 1.807) is 0 Å². The second kappa shape index (κ2) is 6.78. The molecule has 106 valence electrons. The zero-order valence-electron chi connectivity index (χ0n) is 12.2. The Kier molecular flexibility index (Phi) is 5.05. The predicted octanol–water partition coefficient (Wildman–Crippen LogP) is 4.26. The number of nitrogens with one attached hydrogen (secondary N) is 1. The molecule has 0 aliphatic rings. The summed E-state index contributed by atoms with van der Waals surface area (Å²) in [6, 6.07) is 16.9. The molecule has 1 N–H and O–H groups in total.